The van der Waals surface area contributed by atoms with Gasteiger partial charge in [0.05, 0.1) is 39.9 Å². The zero-order chi connectivity index (χ0) is 42.1. The molecule has 7 heterocycles. The van der Waals surface area contributed by atoms with Crippen molar-refractivity contribution in [3.63, 3.8) is 0 Å². The molecule has 0 spiro atoms. The number of carbonyl (C=O) groups is 5. The molecule has 4 saturated heterocycles. The molecule has 0 radical (unpaired) electrons. The Hall–Kier alpha value is -6.04. The standard InChI is InChI=1S/C42H45F3N10O5/c1-41(2,40(60)48-33-7-4-28(42(43,44)45)16-35(33)53-13-3-12-46-53)54-24-30(18-47-54)51-14-10-25(11-15-51)19-50-20-26-22-52(23-27(26)21-50)29-5-6-31-32(17-29)39(59)55(38(31)58)34-8-9-36(56)49-37(34)57/h3-7,12-13,16-18,24-27,34H,8-11,14-15,19-23H2,1-2H3,(H,48,60)(H,49,56,57). The number of benzene rings is 2. The van der Waals surface area contributed by atoms with Gasteiger partial charge in [0.1, 0.15) is 11.6 Å². The van der Waals surface area contributed by atoms with Crippen LogP contribution in [0.2, 0.25) is 0 Å². The first-order chi connectivity index (χ1) is 28.6. The fourth-order valence-corrected chi connectivity index (χ4v) is 9.42. The van der Waals surface area contributed by atoms with Crippen molar-refractivity contribution in [2.24, 2.45) is 17.8 Å². The predicted molar refractivity (Wildman–Crippen MR) is 212 cm³/mol. The number of fused-ring (bicyclic) bond motifs is 2. The fourth-order valence-electron chi connectivity index (χ4n) is 9.42. The van der Waals surface area contributed by atoms with Crippen LogP contribution in [0.3, 0.4) is 0 Å². The number of carbonyl (C=O) groups excluding carboxylic acids is 5. The van der Waals surface area contributed by atoms with Crippen molar-refractivity contribution in [3.05, 3.63) is 83.9 Å². The van der Waals surface area contributed by atoms with Crippen molar-refractivity contribution in [3.8, 4) is 5.69 Å². The van der Waals surface area contributed by atoms with E-state index in [4.69, 9.17) is 0 Å². The number of hydrogen-bond acceptors (Lipinski definition) is 10. The number of piperidine rings is 2. The number of nitrogens with zero attached hydrogens (tertiary/aromatic N) is 8. The fraction of sp³-hybridized carbons (Fsp3) is 0.452. The Bertz CT molecular complexity index is 2360. The van der Waals surface area contributed by atoms with Gasteiger partial charge in [-0.15, -0.1) is 0 Å². The third-order valence-electron chi connectivity index (χ3n) is 12.9. The smallest absolute Gasteiger partial charge is 0.371 e. The number of halogens is 3. The monoisotopic (exact) mass is 826 g/mol. The second-order valence-corrected chi connectivity index (χ2v) is 17.1. The third kappa shape index (κ3) is 7.19. The number of amides is 5. The minimum atomic E-state index is -4.56. The van der Waals surface area contributed by atoms with Gasteiger partial charge in [-0.25, -0.2) is 4.68 Å². The first-order valence-corrected chi connectivity index (χ1v) is 20.3. The Morgan fingerprint density at radius 3 is 2.28 bits per heavy atom. The summed E-state index contributed by atoms with van der Waals surface area (Å²) in [6.45, 7) is 9.82. The van der Waals surface area contributed by atoms with Gasteiger partial charge in [-0.2, -0.15) is 23.4 Å². The Morgan fingerprint density at radius 1 is 0.867 bits per heavy atom. The number of likely N-dealkylation sites (tertiary alicyclic amines) is 1. The minimum absolute atomic E-state index is 0.0777. The van der Waals surface area contributed by atoms with Crippen LogP contribution in [0.5, 0.6) is 0 Å². The molecule has 18 heteroatoms. The van der Waals surface area contributed by atoms with Gasteiger partial charge in [-0.05, 0) is 93.3 Å². The summed E-state index contributed by atoms with van der Waals surface area (Å²) in [7, 11) is 0. The maximum atomic E-state index is 13.6. The Balaban J connectivity index is 0.763. The average molecular weight is 827 g/mol. The summed E-state index contributed by atoms with van der Waals surface area (Å²) in [4.78, 5) is 72.4. The zero-order valence-electron chi connectivity index (χ0n) is 33.2. The summed E-state index contributed by atoms with van der Waals surface area (Å²) in [6.07, 6.45) is 4.22. The molecule has 3 unspecified atom stereocenters. The molecule has 0 saturated carbocycles. The van der Waals surface area contributed by atoms with Gasteiger partial charge in [0.2, 0.25) is 11.8 Å². The molecule has 60 heavy (non-hydrogen) atoms. The molecule has 2 aromatic heterocycles. The van der Waals surface area contributed by atoms with Gasteiger partial charge in [0.25, 0.3) is 17.7 Å². The quantitative estimate of drug-likeness (QED) is 0.235. The van der Waals surface area contributed by atoms with Crippen molar-refractivity contribution in [2.75, 3.05) is 60.9 Å². The maximum absolute atomic E-state index is 13.6. The lowest BCUT2D eigenvalue weighted by Gasteiger charge is -2.35. The summed E-state index contributed by atoms with van der Waals surface area (Å²) in [5.74, 6) is -0.963. The molecule has 9 rings (SSSR count). The molecule has 4 aromatic rings. The van der Waals surface area contributed by atoms with Crippen LogP contribution in [0.15, 0.2) is 67.3 Å². The Morgan fingerprint density at radius 2 is 1.60 bits per heavy atom. The van der Waals surface area contributed by atoms with Crippen molar-refractivity contribution in [1.82, 2.24) is 34.7 Å². The van der Waals surface area contributed by atoms with Gasteiger partial charge in [0.15, 0.2) is 0 Å². The van der Waals surface area contributed by atoms with Crippen molar-refractivity contribution in [1.29, 1.82) is 0 Å². The molecule has 0 bridgehead atoms. The molecule has 2 N–H and O–H groups in total. The molecule has 5 aliphatic rings. The first kappa shape index (κ1) is 39.4. The van der Waals surface area contributed by atoms with Crippen LogP contribution < -0.4 is 20.4 Å². The number of imide groups is 2. The summed E-state index contributed by atoms with van der Waals surface area (Å²) in [5.41, 5.74) is 0.640. The molecular weight excluding hydrogens is 782 g/mol. The normalized spacial score (nSPS) is 22.8. The Labute approximate surface area is 343 Å². The molecule has 3 atom stereocenters. The molecule has 5 aliphatic heterocycles. The number of hydrogen-bond donors (Lipinski definition) is 2. The van der Waals surface area contributed by atoms with E-state index in [9.17, 15) is 37.1 Å². The lowest BCUT2D eigenvalue weighted by atomic mass is 9.96. The van der Waals surface area contributed by atoms with Crippen molar-refractivity contribution in [2.45, 2.75) is 57.3 Å². The van der Waals surface area contributed by atoms with E-state index in [-0.39, 0.29) is 29.8 Å². The number of anilines is 3. The third-order valence-corrected chi connectivity index (χ3v) is 12.9. The van der Waals surface area contributed by atoms with E-state index in [1.54, 1.807) is 42.9 Å². The van der Waals surface area contributed by atoms with E-state index in [1.807, 2.05) is 12.3 Å². The Kier molecular flexibility index (Phi) is 9.79. The van der Waals surface area contributed by atoms with E-state index in [1.165, 1.54) is 23.1 Å². The number of rotatable bonds is 9. The lowest BCUT2D eigenvalue weighted by Crippen LogP contribution is -2.54. The van der Waals surface area contributed by atoms with Crippen LogP contribution in [0, 0.1) is 17.8 Å². The van der Waals surface area contributed by atoms with Gasteiger partial charge < -0.3 is 20.0 Å². The molecule has 5 amide bonds. The van der Waals surface area contributed by atoms with E-state index >= 15 is 0 Å². The second-order valence-electron chi connectivity index (χ2n) is 17.1. The van der Waals surface area contributed by atoms with Gasteiger partial charge in [-0.1, -0.05) is 0 Å². The number of alkyl halides is 3. The van der Waals surface area contributed by atoms with Crippen LogP contribution in [0.4, 0.5) is 30.2 Å². The van der Waals surface area contributed by atoms with Crippen LogP contribution in [-0.2, 0) is 26.1 Å². The number of nitrogens with one attached hydrogen (secondary N) is 2. The maximum Gasteiger partial charge on any atom is 0.416 e. The molecule has 314 valence electrons. The van der Waals surface area contributed by atoms with Gasteiger partial charge >= 0.3 is 6.18 Å². The average Bonchev–Trinajstić information content (AvgIpc) is 4.06. The highest BCUT2D eigenvalue weighted by Gasteiger charge is 2.46. The largest absolute Gasteiger partial charge is 0.416 e. The predicted octanol–water partition coefficient (Wildman–Crippen LogP) is 4.15. The summed E-state index contributed by atoms with van der Waals surface area (Å²) < 4.78 is 43.5. The lowest BCUT2D eigenvalue weighted by molar-refractivity contribution is -0.138. The van der Waals surface area contributed by atoms with Crippen molar-refractivity contribution < 1.29 is 37.1 Å². The zero-order valence-corrected chi connectivity index (χ0v) is 33.2. The highest BCUT2D eigenvalue weighted by molar-refractivity contribution is 6.23. The summed E-state index contributed by atoms with van der Waals surface area (Å²) >= 11 is 0. The molecule has 4 fully saturated rings. The minimum Gasteiger partial charge on any atom is -0.371 e. The highest BCUT2D eigenvalue weighted by Crippen LogP contribution is 2.38. The van der Waals surface area contributed by atoms with E-state index in [0.29, 0.717) is 23.3 Å². The van der Waals surface area contributed by atoms with E-state index < -0.39 is 52.9 Å². The topological polar surface area (TPSA) is 158 Å². The highest BCUT2D eigenvalue weighted by atomic mass is 19.4. The summed E-state index contributed by atoms with van der Waals surface area (Å²) in [6, 6.07) is 9.07. The summed E-state index contributed by atoms with van der Waals surface area (Å²) in [5, 5.41) is 13.7. The van der Waals surface area contributed by atoms with Gasteiger partial charge in [0, 0.05) is 76.5 Å². The molecule has 15 nitrogen and oxygen atoms in total. The van der Waals surface area contributed by atoms with Crippen LogP contribution in [-0.4, -0.2) is 111 Å². The van der Waals surface area contributed by atoms with E-state index in [0.717, 1.165) is 87.1 Å². The molecular formula is C42H45F3N10O5. The van der Waals surface area contributed by atoms with Crippen LogP contribution >= 0.6 is 0 Å². The van der Waals surface area contributed by atoms with Gasteiger partial charge in [-0.3, -0.25) is 38.9 Å². The second kappa shape index (κ2) is 14.9. The first-order valence-electron chi connectivity index (χ1n) is 20.3. The molecule has 2 aromatic carbocycles. The van der Waals surface area contributed by atoms with Crippen LogP contribution in [0.25, 0.3) is 5.69 Å². The van der Waals surface area contributed by atoms with Crippen molar-refractivity contribution >= 4 is 46.6 Å². The van der Waals surface area contributed by atoms with E-state index in [2.05, 4.69) is 35.5 Å². The van der Waals surface area contributed by atoms with Crippen LogP contribution in [0.1, 0.15) is 65.8 Å². The molecule has 0 aliphatic carbocycles. The number of aromatic nitrogens is 4. The SMILES string of the molecule is CC(C)(C(=O)Nc1ccc(C(F)(F)F)cc1-n1cccn1)n1cc(N2CCC(CN3CC4CN(c5ccc6c(c5)C(=O)N(C5CCC(=O)NC5=O)C6=O)CC4C3)CC2)cn1.